The van der Waals surface area contributed by atoms with Crippen LogP contribution < -0.4 is 58.5 Å². The van der Waals surface area contributed by atoms with Crippen LogP contribution in [-0.4, -0.2) is 170 Å². The third-order valence-corrected chi connectivity index (χ3v) is 16.7. The standard InChI is InChI=1S/C56H80N14O12S2/c1-6-37-50(77)68-43(25-35-24-33-11-7-8-12-34(33)27-59-35)48(75)58-20-10-9-13-41(70-56(3,4)5)54(81)62-31(2)47(74)65-39-18-21-83-84-22-19-40(52(79)64-37)66-51(78)38(16-17-46(72)73)63-45(71)29-60-49(76)42(23-32-14-15-32)67-55(82)44(69-53(39)80)26-36-28-57-30-61-36/h7-8,11-12,24,27-28,30-32,37-44,70H,6,9-10,13-23,25-26,29H2,1-5H3,(H,57,61)(H,58,75)(H,60,76)(H,62,81)(H,63,71)(H,64,79)(H,65,74)(H,66,78)(H,67,82)(H,68,77)(H,69,80)(H,72,73)/t31-,37-,38-,39+,40+,41+,42-,43-,44-/m0/s1. The molecule has 3 fully saturated rings. The number of rotatable bonds is 11. The largest absolute Gasteiger partial charge is 0.481 e. The predicted molar refractivity (Wildman–Crippen MR) is 314 cm³/mol. The maximum atomic E-state index is 14.5. The quantitative estimate of drug-likeness (QED) is 0.113. The Morgan fingerprint density at radius 2 is 1.25 bits per heavy atom. The summed E-state index contributed by atoms with van der Waals surface area (Å²) in [5, 5.41) is 41.8. The van der Waals surface area contributed by atoms with Gasteiger partial charge in [0.1, 0.15) is 48.3 Å². The lowest BCUT2D eigenvalue weighted by molar-refractivity contribution is -0.138. The maximum absolute atomic E-state index is 14.5. The van der Waals surface area contributed by atoms with Gasteiger partial charge in [-0.05, 0) is 96.4 Å². The molecule has 1 aromatic carbocycles. The Kier molecular flexibility index (Phi) is 25.1. The molecule has 2 saturated heterocycles. The lowest BCUT2D eigenvalue weighted by atomic mass is 10.0. The van der Waals surface area contributed by atoms with Gasteiger partial charge in [-0.3, -0.25) is 57.7 Å². The zero-order chi connectivity index (χ0) is 60.9. The summed E-state index contributed by atoms with van der Waals surface area (Å²) in [6.45, 7) is 8.20. The smallest absolute Gasteiger partial charge is 0.303 e. The van der Waals surface area contributed by atoms with Crippen molar-refractivity contribution >= 4 is 97.4 Å². The summed E-state index contributed by atoms with van der Waals surface area (Å²) in [7, 11) is 2.50. The average Bonchev–Trinajstić information content (AvgIpc) is 4.20. The minimum Gasteiger partial charge on any atom is -0.481 e. The molecule has 0 spiro atoms. The van der Waals surface area contributed by atoms with Crippen LogP contribution in [0.4, 0.5) is 0 Å². The van der Waals surface area contributed by atoms with Crippen molar-refractivity contribution in [3.63, 3.8) is 0 Å². The first kappa shape index (κ1) is 65.8. The number of carbonyl (C=O) groups is 11. The number of carbonyl (C=O) groups excluding carboxylic acids is 10. The van der Waals surface area contributed by atoms with Crippen molar-refractivity contribution in [3.8, 4) is 0 Å². The maximum Gasteiger partial charge on any atom is 0.303 e. The molecule has 2 aromatic heterocycles. The number of aromatic amines is 1. The number of hydrogen-bond donors (Lipinski definition) is 13. The van der Waals surface area contributed by atoms with Gasteiger partial charge in [0.05, 0.1) is 18.9 Å². The van der Waals surface area contributed by atoms with Gasteiger partial charge in [-0.2, -0.15) is 0 Å². The molecule has 0 radical (unpaired) electrons. The molecular weight excluding hydrogens is 1120 g/mol. The second-order valence-corrected chi connectivity index (χ2v) is 25.1. The Balaban J connectivity index is 1.35. The van der Waals surface area contributed by atoms with Crippen LogP contribution in [0, 0.1) is 5.92 Å². The number of aliphatic carboxylic acids is 1. The first-order valence-corrected chi connectivity index (χ1v) is 31.1. The lowest BCUT2D eigenvalue weighted by Crippen LogP contribution is -2.60. The first-order chi connectivity index (χ1) is 40.0. The van der Waals surface area contributed by atoms with Crippen molar-refractivity contribution in [1.29, 1.82) is 0 Å². The van der Waals surface area contributed by atoms with E-state index in [-0.39, 0.29) is 68.9 Å². The third kappa shape index (κ3) is 21.7. The molecule has 10 amide bonds. The Morgan fingerprint density at radius 3 is 1.89 bits per heavy atom. The predicted octanol–water partition coefficient (Wildman–Crippen LogP) is 0.0645. The van der Waals surface area contributed by atoms with Gasteiger partial charge in [0.15, 0.2) is 0 Å². The normalized spacial score (nSPS) is 26.3. The number of carboxylic acids is 1. The number of aromatic nitrogens is 3. The van der Waals surface area contributed by atoms with Gasteiger partial charge in [0, 0.05) is 72.0 Å². The van der Waals surface area contributed by atoms with E-state index in [2.05, 4.69) is 73.4 Å². The SMILES string of the molecule is CC[C@@H]1NC(=O)[C@H]2CCSSCC[C@@H](NC(=O)[C@H](C)NC(=O)[C@H](NC(C)(C)C)CCCCNC(=O)[C@H](Cc3cc4ccccc4cn3)NC1=O)C(=O)N[C@@H](Cc1cnc[nH]1)C(=O)N[C@@H](CC1CC1)C(=O)NCC(=O)N[C@@H](CCC(=O)O)C(=O)N2. The van der Waals surface area contributed by atoms with Crippen molar-refractivity contribution in [3.05, 3.63) is 60.4 Å². The highest BCUT2D eigenvalue weighted by Crippen LogP contribution is 2.33. The average molecular weight is 1210 g/mol. The summed E-state index contributed by atoms with van der Waals surface area (Å²) in [5.41, 5.74) is 0.398. The van der Waals surface area contributed by atoms with E-state index in [1.165, 1.54) is 41.0 Å². The number of benzene rings is 1. The molecule has 13 N–H and O–H groups in total. The number of fused-ring (bicyclic) bond motifs is 8. The number of imidazole rings is 1. The van der Waals surface area contributed by atoms with Gasteiger partial charge in [-0.15, -0.1) is 0 Å². The van der Waals surface area contributed by atoms with Gasteiger partial charge in [0.25, 0.3) is 0 Å². The van der Waals surface area contributed by atoms with E-state index in [1.807, 2.05) is 51.1 Å². The molecule has 2 aliphatic heterocycles. The Morgan fingerprint density at radius 1 is 0.643 bits per heavy atom. The van der Waals surface area contributed by atoms with Crippen molar-refractivity contribution in [2.45, 2.75) is 178 Å². The third-order valence-electron chi connectivity index (χ3n) is 14.2. The second-order valence-electron chi connectivity index (χ2n) is 22.4. The zero-order valence-corrected chi connectivity index (χ0v) is 49.7. The highest BCUT2D eigenvalue weighted by atomic mass is 33.1. The van der Waals surface area contributed by atoms with Crippen LogP contribution in [0.25, 0.3) is 10.8 Å². The summed E-state index contributed by atoms with van der Waals surface area (Å²) in [4.78, 5) is 165. The monoisotopic (exact) mass is 1200 g/mol. The molecule has 6 rings (SSSR count). The molecule has 2 bridgehead atoms. The van der Waals surface area contributed by atoms with Crippen molar-refractivity contribution in [2.24, 2.45) is 5.92 Å². The minimum absolute atomic E-state index is 0.0113. The van der Waals surface area contributed by atoms with Crippen LogP contribution in [0.3, 0.4) is 0 Å². The summed E-state index contributed by atoms with van der Waals surface area (Å²) in [6, 6.07) is -1.81. The lowest BCUT2D eigenvalue weighted by Gasteiger charge is -2.29. The zero-order valence-electron chi connectivity index (χ0n) is 48.1. The molecule has 0 unspecified atom stereocenters. The number of nitrogens with zero attached hydrogens (tertiary/aromatic N) is 2. The molecule has 28 heteroatoms. The number of carboxylic acid groups (broad SMARTS) is 1. The fourth-order valence-electron chi connectivity index (χ4n) is 9.45. The van der Waals surface area contributed by atoms with Crippen LogP contribution in [-0.2, 0) is 65.6 Å². The molecule has 1 aliphatic carbocycles. The van der Waals surface area contributed by atoms with E-state index in [9.17, 15) is 57.8 Å². The van der Waals surface area contributed by atoms with Crippen LogP contribution in [0.1, 0.15) is 117 Å². The number of pyridine rings is 1. The molecule has 458 valence electrons. The van der Waals surface area contributed by atoms with Gasteiger partial charge in [0.2, 0.25) is 59.1 Å². The van der Waals surface area contributed by atoms with E-state index in [4.69, 9.17) is 0 Å². The summed E-state index contributed by atoms with van der Waals surface area (Å²) < 4.78 is 0. The minimum atomic E-state index is -1.53. The summed E-state index contributed by atoms with van der Waals surface area (Å²) in [5.74, 6) is -8.28. The fraction of sp³-hybridized carbons (Fsp3) is 0.589. The Hall–Kier alpha value is -7.33. The van der Waals surface area contributed by atoms with Gasteiger partial charge in [-0.25, -0.2) is 4.98 Å². The molecule has 1 saturated carbocycles. The number of H-pyrrole nitrogens is 1. The molecule has 4 heterocycles. The molecule has 84 heavy (non-hydrogen) atoms. The molecule has 26 nitrogen and oxygen atoms in total. The van der Waals surface area contributed by atoms with Crippen LogP contribution >= 0.6 is 21.6 Å². The van der Waals surface area contributed by atoms with E-state index in [0.717, 1.165) is 23.6 Å². The van der Waals surface area contributed by atoms with Gasteiger partial charge >= 0.3 is 5.97 Å². The molecule has 3 aromatic rings. The van der Waals surface area contributed by atoms with E-state index < -0.39 is 144 Å². The molecule has 3 aliphatic rings. The molecular formula is C56H80N14O12S2. The van der Waals surface area contributed by atoms with Gasteiger partial charge < -0.3 is 68.6 Å². The van der Waals surface area contributed by atoms with Gasteiger partial charge in [-0.1, -0.05) is 65.6 Å². The van der Waals surface area contributed by atoms with Crippen LogP contribution in [0.2, 0.25) is 0 Å². The Bertz CT molecular complexity index is 2820. The van der Waals surface area contributed by atoms with Crippen molar-refractivity contribution < 1.29 is 57.8 Å². The van der Waals surface area contributed by atoms with Crippen molar-refractivity contribution in [1.82, 2.24) is 73.4 Å². The fourth-order valence-corrected chi connectivity index (χ4v) is 11.6. The van der Waals surface area contributed by atoms with Crippen molar-refractivity contribution in [2.75, 3.05) is 24.6 Å². The number of amides is 10. The highest BCUT2D eigenvalue weighted by molar-refractivity contribution is 8.76. The topological polar surface area (TPSA) is 382 Å². The first-order valence-electron chi connectivity index (χ1n) is 28.6. The Labute approximate surface area is 495 Å². The second kappa shape index (κ2) is 32.1. The number of hydrogen-bond acceptors (Lipinski definition) is 16. The highest BCUT2D eigenvalue weighted by Gasteiger charge is 2.37. The van der Waals surface area contributed by atoms with E-state index in [0.29, 0.717) is 24.2 Å². The summed E-state index contributed by atoms with van der Waals surface area (Å²) >= 11 is 0. The molecule has 9 atom stereocenters. The van der Waals surface area contributed by atoms with E-state index in [1.54, 1.807) is 13.1 Å². The summed E-state index contributed by atoms with van der Waals surface area (Å²) in [6.07, 6.45) is 6.13. The van der Waals surface area contributed by atoms with Crippen LogP contribution in [0.15, 0.2) is 49.1 Å². The van der Waals surface area contributed by atoms with E-state index >= 15 is 0 Å². The number of nitrogens with one attached hydrogen (secondary N) is 12. The van der Waals surface area contributed by atoms with Crippen LogP contribution in [0.5, 0.6) is 0 Å².